The second kappa shape index (κ2) is 9.09. The number of carbonyl (C=O) groups excluding carboxylic acids is 1. The molecule has 3 rings (SSSR count). The number of fused-ring (bicyclic) bond motifs is 1. The summed E-state index contributed by atoms with van der Waals surface area (Å²) in [5.74, 6) is 0.0600. The highest BCUT2D eigenvalue weighted by molar-refractivity contribution is 6.30. The summed E-state index contributed by atoms with van der Waals surface area (Å²) in [6.07, 6.45) is 4.68. The number of aryl methyl sites for hydroxylation is 1. The van der Waals surface area contributed by atoms with E-state index in [4.69, 9.17) is 11.6 Å². The van der Waals surface area contributed by atoms with Crippen molar-refractivity contribution in [3.63, 3.8) is 0 Å². The van der Waals surface area contributed by atoms with Crippen LogP contribution in [0.4, 0.5) is 0 Å². The van der Waals surface area contributed by atoms with Gasteiger partial charge in [-0.15, -0.1) is 0 Å². The van der Waals surface area contributed by atoms with Crippen LogP contribution in [-0.2, 0) is 11.3 Å². The van der Waals surface area contributed by atoms with Gasteiger partial charge in [0.2, 0.25) is 5.91 Å². The van der Waals surface area contributed by atoms with Gasteiger partial charge in [-0.1, -0.05) is 55.3 Å². The number of hydrogen-bond donors (Lipinski definition) is 1. The van der Waals surface area contributed by atoms with Crippen molar-refractivity contribution in [3.8, 4) is 0 Å². The van der Waals surface area contributed by atoms with Crippen molar-refractivity contribution in [3.05, 3.63) is 70.9 Å². The number of benzene rings is 2. The lowest BCUT2D eigenvalue weighted by Crippen LogP contribution is -2.26. The highest BCUT2D eigenvalue weighted by Gasteiger charge is 2.22. The van der Waals surface area contributed by atoms with E-state index in [0.29, 0.717) is 11.4 Å². The first-order valence-corrected chi connectivity index (χ1v) is 10.1. The summed E-state index contributed by atoms with van der Waals surface area (Å²) in [5, 5.41) is 4.96. The topological polar surface area (TPSA) is 34.0 Å². The van der Waals surface area contributed by atoms with E-state index < -0.39 is 0 Å². The molecule has 0 aliphatic rings. The SMILES string of the molecule is CCCCNC(=O)C[C@H](c1cccc(Cl)c1)c1cn(CC)c2ccccc12. The van der Waals surface area contributed by atoms with Crippen LogP contribution in [0.2, 0.25) is 5.02 Å². The fourth-order valence-electron chi connectivity index (χ4n) is 3.61. The average Bonchev–Trinajstić information content (AvgIpc) is 3.05. The zero-order chi connectivity index (χ0) is 19.2. The normalized spacial score (nSPS) is 12.3. The Kier molecular flexibility index (Phi) is 6.57. The predicted octanol–water partition coefficient (Wildman–Crippen LogP) is 5.75. The summed E-state index contributed by atoms with van der Waals surface area (Å²) in [5.41, 5.74) is 3.46. The van der Waals surface area contributed by atoms with E-state index in [-0.39, 0.29) is 11.8 Å². The summed E-state index contributed by atoms with van der Waals surface area (Å²) in [7, 11) is 0. The molecular formula is C23H27ClN2O. The van der Waals surface area contributed by atoms with E-state index in [0.717, 1.165) is 31.5 Å². The van der Waals surface area contributed by atoms with Gasteiger partial charge >= 0.3 is 0 Å². The van der Waals surface area contributed by atoms with Crippen molar-refractivity contribution in [2.45, 2.75) is 45.6 Å². The van der Waals surface area contributed by atoms with Crippen molar-refractivity contribution in [2.24, 2.45) is 0 Å². The molecule has 3 nitrogen and oxygen atoms in total. The van der Waals surface area contributed by atoms with Crippen LogP contribution in [0.3, 0.4) is 0 Å². The molecule has 1 aromatic heterocycles. The summed E-state index contributed by atoms with van der Waals surface area (Å²) in [6, 6.07) is 16.3. The predicted molar refractivity (Wildman–Crippen MR) is 113 cm³/mol. The van der Waals surface area contributed by atoms with Gasteiger partial charge in [0.05, 0.1) is 0 Å². The van der Waals surface area contributed by atoms with Gasteiger partial charge < -0.3 is 9.88 Å². The van der Waals surface area contributed by atoms with Gasteiger partial charge in [-0.25, -0.2) is 0 Å². The molecule has 0 saturated carbocycles. The zero-order valence-electron chi connectivity index (χ0n) is 16.0. The van der Waals surface area contributed by atoms with Crippen LogP contribution in [0, 0.1) is 0 Å². The van der Waals surface area contributed by atoms with E-state index in [9.17, 15) is 4.79 Å². The third kappa shape index (κ3) is 4.54. The molecule has 0 unspecified atom stereocenters. The number of unbranched alkanes of at least 4 members (excludes halogenated alkanes) is 1. The van der Waals surface area contributed by atoms with E-state index in [1.807, 2.05) is 18.2 Å². The van der Waals surface area contributed by atoms with Crippen LogP contribution in [-0.4, -0.2) is 17.0 Å². The van der Waals surface area contributed by atoms with Crippen molar-refractivity contribution in [2.75, 3.05) is 6.54 Å². The largest absolute Gasteiger partial charge is 0.356 e. The molecule has 0 bridgehead atoms. The molecule has 0 saturated heterocycles. The van der Waals surface area contributed by atoms with E-state index in [2.05, 4.69) is 60.3 Å². The van der Waals surface area contributed by atoms with Gasteiger partial charge in [0, 0.05) is 47.6 Å². The lowest BCUT2D eigenvalue weighted by Gasteiger charge is -2.17. The maximum Gasteiger partial charge on any atom is 0.220 e. The number of amides is 1. The summed E-state index contributed by atoms with van der Waals surface area (Å²) >= 11 is 6.26. The molecule has 0 aliphatic carbocycles. The molecule has 0 spiro atoms. The zero-order valence-corrected chi connectivity index (χ0v) is 16.8. The minimum absolute atomic E-state index is 0.0250. The van der Waals surface area contributed by atoms with Crippen LogP contribution in [0.5, 0.6) is 0 Å². The molecule has 2 aromatic carbocycles. The Morgan fingerprint density at radius 2 is 1.96 bits per heavy atom. The van der Waals surface area contributed by atoms with Gasteiger partial charge in [-0.05, 0) is 42.7 Å². The van der Waals surface area contributed by atoms with E-state index in [1.165, 1.54) is 16.5 Å². The number of nitrogens with zero attached hydrogens (tertiary/aromatic N) is 1. The Morgan fingerprint density at radius 3 is 2.70 bits per heavy atom. The summed E-state index contributed by atoms with van der Waals surface area (Å²) < 4.78 is 2.25. The molecular weight excluding hydrogens is 356 g/mol. The summed E-state index contributed by atoms with van der Waals surface area (Å²) in [4.78, 5) is 12.6. The number of nitrogens with one attached hydrogen (secondary N) is 1. The Labute approximate surface area is 166 Å². The highest BCUT2D eigenvalue weighted by Crippen LogP contribution is 2.35. The second-order valence-corrected chi connectivity index (χ2v) is 7.34. The number of carbonyl (C=O) groups is 1. The average molecular weight is 383 g/mol. The molecule has 4 heteroatoms. The van der Waals surface area contributed by atoms with Crippen molar-refractivity contribution >= 4 is 28.4 Å². The van der Waals surface area contributed by atoms with Gasteiger partial charge in [0.15, 0.2) is 0 Å². The third-order valence-electron chi connectivity index (χ3n) is 5.03. The molecule has 0 radical (unpaired) electrons. The molecule has 1 N–H and O–H groups in total. The fourth-order valence-corrected chi connectivity index (χ4v) is 3.81. The Hall–Kier alpha value is -2.26. The molecule has 0 fully saturated rings. The fraction of sp³-hybridized carbons (Fsp3) is 0.348. The minimum Gasteiger partial charge on any atom is -0.356 e. The number of hydrogen-bond acceptors (Lipinski definition) is 1. The first-order valence-electron chi connectivity index (χ1n) is 9.74. The van der Waals surface area contributed by atoms with Crippen LogP contribution in [0.1, 0.15) is 50.2 Å². The number of rotatable bonds is 8. The lowest BCUT2D eigenvalue weighted by molar-refractivity contribution is -0.121. The number of aromatic nitrogens is 1. The molecule has 142 valence electrons. The van der Waals surface area contributed by atoms with Gasteiger partial charge in [0.25, 0.3) is 0 Å². The first kappa shape index (κ1) is 19.5. The standard InChI is InChI=1S/C23H27ClN2O/c1-3-5-13-25-23(27)15-20(17-9-8-10-18(24)14-17)21-16-26(4-2)22-12-7-6-11-19(21)22/h6-12,14,16,20H,3-5,13,15H2,1-2H3,(H,25,27)/t20-/m1/s1. The highest BCUT2D eigenvalue weighted by atomic mass is 35.5. The van der Waals surface area contributed by atoms with Crippen molar-refractivity contribution in [1.82, 2.24) is 9.88 Å². The molecule has 27 heavy (non-hydrogen) atoms. The monoisotopic (exact) mass is 382 g/mol. The van der Waals surface area contributed by atoms with Crippen LogP contribution < -0.4 is 5.32 Å². The van der Waals surface area contributed by atoms with Gasteiger partial charge in [-0.2, -0.15) is 0 Å². The van der Waals surface area contributed by atoms with Gasteiger partial charge in [-0.3, -0.25) is 4.79 Å². The Bertz CT molecular complexity index is 916. The molecule has 0 aliphatic heterocycles. The minimum atomic E-state index is -0.0250. The maximum atomic E-state index is 12.6. The Balaban J connectivity index is 2.01. The molecule has 1 atom stereocenters. The van der Waals surface area contributed by atoms with E-state index >= 15 is 0 Å². The summed E-state index contributed by atoms with van der Waals surface area (Å²) in [6.45, 7) is 5.89. The van der Waals surface area contributed by atoms with Crippen LogP contribution in [0.25, 0.3) is 10.9 Å². The quantitative estimate of drug-likeness (QED) is 0.494. The molecule has 3 aromatic rings. The van der Waals surface area contributed by atoms with Crippen molar-refractivity contribution < 1.29 is 4.79 Å². The third-order valence-corrected chi connectivity index (χ3v) is 5.26. The molecule has 1 heterocycles. The lowest BCUT2D eigenvalue weighted by atomic mass is 9.88. The number of halogens is 1. The van der Waals surface area contributed by atoms with E-state index in [1.54, 1.807) is 0 Å². The van der Waals surface area contributed by atoms with Crippen LogP contribution in [0.15, 0.2) is 54.7 Å². The smallest absolute Gasteiger partial charge is 0.220 e. The van der Waals surface area contributed by atoms with Gasteiger partial charge in [0.1, 0.15) is 0 Å². The number of para-hydroxylation sites is 1. The molecule has 1 amide bonds. The first-order chi connectivity index (χ1) is 13.1. The second-order valence-electron chi connectivity index (χ2n) is 6.90. The Morgan fingerprint density at radius 1 is 1.15 bits per heavy atom. The maximum absolute atomic E-state index is 12.6. The van der Waals surface area contributed by atoms with Crippen LogP contribution >= 0.6 is 11.6 Å². The van der Waals surface area contributed by atoms with Crippen molar-refractivity contribution in [1.29, 1.82) is 0 Å².